The van der Waals surface area contributed by atoms with Crippen LogP contribution in [0, 0.1) is 0 Å². The summed E-state index contributed by atoms with van der Waals surface area (Å²) in [4.78, 5) is 12.2. The summed E-state index contributed by atoms with van der Waals surface area (Å²) in [6.07, 6.45) is 4.12. The van der Waals surface area contributed by atoms with Crippen molar-refractivity contribution < 1.29 is 4.79 Å². The minimum Gasteiger partial charge on any atom is -0.382 e. The Morgan fingerprint density at radius 2 is 1.48 bits per heavy atom. The van der Waals surface area contributed by atoms with Gasteiger partial charge in [0.05, 0.1) is 0 Å². The van der Waals surface area contributed by atoms with E-state index in [1.54, 1.807) is 0 Å². The number of halogens is 1. The number of nitrogens with one attached hydrogen (secondary N) is 2. The molecule has 0 atom stereocenters. The fourth-order valence-electron chi connectivity index (χ4n) is 3.02. The second-order valence-electron chi connectivity index (χ2n) is 6.04. The van der Waals surface area contributed by atoms with Crippen LogP contribution in [0.2, 0.25) is 5.02 Å². The molecule has 23 heavy (non-hydrogen) atoms. The lowest BCUT2D eigenvalue weighted by Gasteiger charge is -2.30. The van der Waals surface area contributed by atoms with E-state index >= 15 is 0 Å². The summed E-state index contributed by atoms with van der Waals surface area (Å²) < 4.78 is 0. The molecular weight excluding hydrogens is 308 g/mol. The van der Waals surface area contributed by atoms with E-state index in [-0.39, 0.29) is 11.9 Å². The zero-order valence-electron chi connectivity index (χ0n) is 13.0. The van der Waals surface area contributed by atoms with Gasteiger partial charge in [0.1, 0.15) is 0 Å². The van der Waals surface area contributed by atoms with E-state index in [1.807, 2.05) is 54.6 Å². The number of benzene rings is 2. The van der Waals surface area contributed by atoms with Crippen LogP contribution in [0.15, 0.2) is 54.6 Å². The van der Waals surface area contributed by atoms with Gasteiger partial charge in [0, 0.05) is 28.4 Å². The molecule has 2 N–H and O–H groups in total. The van der Waals surface area contributed by atoms with E-state index in [4.69, 9.17) is 11.6 Å². The number of hydrogen-bond donors (Lipinski definition) is 2. The third kappa shape index (κ3) is 4.49. The van der Waals surface area contributed by atoms with Crippen LogP contribution in [0.3, 0.4) is 0 Å². The summed E-state index contributed by atoms with van der Waals surface area (Å²) in [5.74, 6) is 0.0275. The Kier molecular flexibility index (Phi) is 5.19. The molecule has 0 saturated heterocycles. The quantitative estimate of drug-likeness (QED) is 0.868. The molecule has 2 aromatic rings. The van der Waals surface area contributed by atoms with Crippen molar-refractivity contribution in [3.05, 3.63) is 65.2 Å². The molecule has 0 spiro atoms. The lowest BCUT2D eigenvalue weighted by Crippen LogP contribution is -2.40. The number of anilines is 1. The number of hydrogen-bond acceptors (Lipinski definition) is 2. The fourth-order valence-corrected chi connectivity index (χ4v) is 3.15. The van der Waals surface area contributed by atoms with Crippen molar-refractivity contribution in [2.24, 2.45) is 0 Å². The van der Waals surface area contributed by atoms with Crippen LogP contribution in [-0.2, 0) is 0 Å². The Balaban J connectivity index is 1.47. The molecule has 0 radical (unpaired) electrons. The monoisotopic (exact) mass is 328 g/mol. The molecule has 1 amide bonds. The Morgan fingerprint density at radius 1 is 0.870 bits per heavy atom. The molecule has 1 saturated carbocycles. The Bertz CT molecular complexity index is 634. The van der Waals surface area contributed by atoms with Crippen molar-refractivity contribution in [2.45, 2.75) is 37.8 Å². The van der Waals surface area contributed by atoms with Crippen LogP contribution in [0.1, 0.15) is 36.0 Å². The van der Waals surface area contributed by atoms with Gasteiger partial charge in [0.25, 0.3) is 5.91 Å². The van der Waals surface area contributed by atoms with Crippen molar-refractivity contribution in [3.8, 4) is 0 Å². The van der Waals surface area contributed by atoms with E-state index in [9.17, 15) is 4.79 Å². The molecule has 2 aromatic carbocycles. The molecule has 4 heteroatoms. The van der Waals surface area contributed by atoms with Gasteiger partial charge in [-0.2, -0.15) is 0 Å². The van der Waals surface area contributed by atoms with Crippen molar-refractivity contribution >= 4 is 23.2 Å². The van der Waals surface area contributed by atoms with Crippen molar-refractivity contribution in [1.29, 1.82) is 0 Å². The number of amides is 1. The molecule has 1 fully saturated rings. The van der Waals surface area contributed by atoms with E-state index in [1.165, 1.54) is 0 Å². The van der Waals surface area contributed by atoms with Crippen LogP contribution in [-0.4, -0.2) is 18.0 Å². The molecule has 120 valence electrons. The molecule has 0 bridgehead atoms. The summed E-state index contributed by atoms with van der Waals surface area (Å²) in [5, 5.41) is 7.44. The lowest BCUT2D eigenvalue weighted by atomic mass is 9.90. The predicted molar refractivity (Wildman–Crippen MR) is 95.0 cm³/mol. The first-order valence-electron chi connectivity index (χ1n) is 8.09. The second kappa shape index (κ2) is 7.51. The molecule has 1 aliphatic carbocycles. The summed E-state index contributed by atoms with van der Waals surface area (Å²) in [6, 6.07) is 17.9. The van der Waals surface area contributed by atoms with E-state index in [0.29, 0.717) is 6.04 Å². The SMILES string of the molecule is O=C(NC1CCC(Nc2ccc(Cl)cc2)CC1)c1ccccc1. The highest BCUT2D eigenvalue weighted by atomic mass is 35.5. The first-order valence-corrected chi connectivity index (χ1v) is 8.46. The molecule has 0 unspecified atom stereocenters. The van der Waals surface area contributed by atoms with Crippen LogP contribution >= 0.6 is 11.6 Å². The van der Waals surface area contributed by atoms with Crippen molar-refractivity contribution in [2.75, 3.05) is 5.32 Å². The standard InChI is InChI=1S/C19H21ClN2O/c20-15-6-8-16(9-7-15)21-17-10-12-18(13-11-17)22-19(23)14-4-2-1-3-5-14/h1-9,17-18,21H,10-13H2,(H,22,23). The normalized spacial score (nSPS) is 20.7. The van der Waals surface area contributed by atoms with Gasteiger partial charge in [-0.1, -0.05) is 29.8 Å². The molecule has 0 aliphatic heterocycles. The van der Waals surface area contributed by atoms with Crippen molar-refractivity contribution in [1.82, 2.24) is 5.32 Å². The zero-order valence-corrected chi connectivity index (χ0v) is 13.7. The van der Waals surface area contributed by atoms with Gasteiger partial charge in [-0.15, -0.1) is 0 Å². The molecule has 0 aromatic heterocycles. The van der Waals surface area contributed by atoms with E-state index < -0.39 is 0 Å². The highest BCUT2D eigenvalue weighted by Gasteiger charge is 2.22. The maximum absolute atomic E-state index is 12.2. The smallest absolute Gasteiger partial charge is 0.251 e. The zero-order chi connectivity index (χ0) is 16.1. The third-order valence-electron chi connectivity index (χ3n) is 4.31. The van der Waals surface area contributed by atoms with Gasteiger partial charge in [-0.3, -0.25) is 4.79 Å². The van der Waals surface area contributed by atoms with E-state index in [2.05, 4.69) is 10.6 Å². The molecular formula is C19H21ClN2O. The predicted octanol–water partition coefficient (Wildman–Crippen LogP) is 4.49. The topological polar surface area (TPSA) is 41.1 Å². The average molecular weight is 329 g/mol. The summed E-state index contributed by atoms with van der Waals surface area (Å²) >= 11 is 5.90. The lowest BCUT2D eigenvalue weighted by molar-refractivity contribution is 0.0926. The minimum absolute atomic E-state index is 0.0275. The highest BCUT2D eigenvalue weighted by Crippen LogP contribution is 2.23. The summed E-state index contributed by atoms with van der Waals surface area (Å²) in [5.41, 5.74) is 1.83. The molecule has 3 rings (SSSR count). The molecule has 0 heterocycles. The number of rotatable bonds is 4. The van der Waals surface area contributed by atoms with Crippen molar-refractivity contribution in [3.63, 3.8) is 0 Å². The highest BCUT2D eigenvalue weighted by molar-refractivity contribution is 6.30. The maximum atomic E-state index is 12.2. The fraction of sp³-hybridized carbons (Fsp3) is 0.316. The summed E-state index contributed by atoms with van der Waals surface area (Å²) in [6.45, 7) is 0. The van der Waals surface area contributed by atoms with Gasteiger partial charge < -0.3 is 10.6 Å². The van der Waals surface area contributed by atoms with Crippen LogP contribution in [0.25, 0.3) is 0 Å². The van der Waals surface area contributed by atoms with Gasteiger partial charge in [0.2, 0.25) is 0 Å². The van der Waals surface area contributed by atoms with Crippen LogP contribution < -0.4 is 10.6 Å². The minimum atomic E-state index is 0.0275. The van der Waals surface area contributed by atoms with Gasteiger partial charge >= 0.3 is 0 Å². The Labute approximate surface area is 142 Å². The summed E-state index contributed by atoms with van der Waals surface area (Å²) in [7, 11) is 0. The maximum Gasteiger partial charge on any atom is 0.251 e. The largest absolute Gasteiger partial charge is 0.382 e. The number of carbonyl (C=O) groups is 1. The van der Waals surface area contributed by atoms with Gasteiger partial charge in [-0.25, -0.2) is 0 Å². The molecule has 3 nitrogen and oxygen atoms in total. The van der Waals surface area contributed by atoms with Crippen LogP contribution in [0.4, 0.5) is 5.69 Å². The van der Waals surface area contributed by atoms with E-state index in [0.717, 1.165) is 42.0 Å². The Morgan fingerprint density at radius 3 is 2.13 bits per heavy atom. The average Bonchev–Trinajstić information content (AvgIpc) is 2.59. The third-order valence-corrected chi connectivity index (χ3v) is 4.57. The molecule has 1 aliphatic rings. The number of carbonyl (C=O) groups excluding carboxylic acids is 1. The Hall–Kier alpha value is -2.00. The van der Waals surface area contributed by atoms with Gasteiger partial charge in [-0.05, 0) is 62.1 Å². The van der Waals surface area contributed by atoms with Crippen LogP contribution in [0.5, 0.6) is 0 Å². The first-order chi connectivity index (χ1) is 11.2. The van der Waals surface area contributed by atoms with Gasteiger partial charge in [0.15, 0.2) is 0 Å². The second-order valence-corrected chi connectivity index (χ2v) is 6.48. The first kappa shape index (κ1) is 15.9.